The molecule has 5 heavy (non-hydrogen) atoms. The van der Waals surface area contributed by atoms with Crippen LogP contribution in [0.3, 0.4) is 0 Å². The number of rotatable bonds is 0. The third-order valence-electron chi connectivity index (χ3n) is 0. The van der Waals surface area contributed by atoms with Gasteiger partial charge in [-0.05, 0) is 0 Å². The van der Waals surface area contributed by atoms with E-state index in [1.807, 2.05) is 0 Å². The molecule has 0 amide bonds. The third kappa shape index (κ3) is 26.1. The van der Waals surface area contributed by atoms with Gasteiger partial charge in [0.1, 0.15) is 0 Å². The Morgan fingerprint density at radius 3 is 1.00 bits per heavy atom. The maximum atomic E-state index is 8.50. The van der Waals surface area contributed by atoms with Crippen LogP contribution in [0.2, 0.25) is 0 Å². The van der Waals surface area contributed by atoms with Crippen molar-refractivity contribution in [2.24, 2.45) is 0 Å². The molecule has 0 aromatic rings. The summed E-state index contributed by atoms with van der Waals surface area (Å²) in [5, 5.41) is 0. The Morgan fingerprint density at radius 2 is 1.00 bits per heavy atom. The molecule has 0 spiro atoms. The van der Waals surface area contributed by atoms with E-state index in [0.717, 1.165) is 0 Å². The minimum atomic E-state index is -2.00. The minimum Gasteiger partial charge on any atom is 0 e. The minimum absolute atomic E-state index is 0. The molecule has 0 saturated heterocycles. The van der Waals surface area contributed by atoms with Gasteiger partial charge in [0.25, 0.3) is 0 Å². The van der Waals surface area contributed by atoms with Crippen molar-refractivity contribution in [3.05, 3.63) is 0 Å². The molecular weight excluding hydrogens is 348 g/mol. The Bertz CT molecular complexity index is 28.6. The smallest absolute Gasteiger partial charge is 0 e. The Hall–Kier alpha value is 1.78. The summed E-state index contributed by atoms with van der Waals surface area (Å²) >= 11 is -2.00. The summed E-state index contributed by atoms with van der Waals surface area (Å²) in [4.78, 5) is 0. The van der Waals surface area contributed by atoms with Gasteiger partial charge in [-0.1, -0.05) is 0 Å². The fourth-order valence-electron chi connectivity index (χ4n) is 0. The molecule has 0 rings (SSSR count). The van der Waals surface area contributed by atoms with Crippen LogP contribution in [0.1, 0.15) is 0 Å². The Labute approximate surface area is 70.9 Å². The Kier molecular flexibility index (Phi) is 54.2. The molecule has 0 aliphatic rings. The van der Waals surface area contributed by atoms with Gasteiger partial charge in [-0.25, -0.2) is 0 Å². The van der Waals surface area contributed by atoms with Crippen LogP contribution < -0.4 is 0 Å². The van der Waals surface area contributed by atoms with Gasteiger partial charge in [-0.3, -0.25) is 0 Å². The maximum Gasteiger partial charge on any atom is 0 e. The average molecular weight is 348 g/mol. The quantitative estimate of drug-likeness (QED) is 0.506. The summed E-state index contributed by atoms with van der Waals surface area (Å²) in [7, 11) is 0. The second-order valence-corrected chi connectivity index (χ2v) is 0.433. The monoisotopic (exact) mass is 348 g/mol. The summed E-state index contributed by atoms with van der Waals surface area (Å²) in [6.45, 7) is 0. The van der Waals surface area contributed by atoms with E-state index in [9.17, 15) is 0 Å². The van der Waals surface area contributed by atoms with Crippen molar-refractivity contribution in [1.82, 2.24) is 0 Å². The molecular formula is GeO2Sb2. The maximum absolute atomic E-state index is 8.50. The normalized spacial score (nSPS) is 1.60. The van der Waals surface area contributed by atoms with E-state index >= 15 is 0 Å². The molecule has 0 aromatic heterocycles. The van der Waals surface area contributed by atoms with Crippen molar-refractivity contribution < 1.29 is 7.56 Å². The predicted octanol–water partition coefficient (Wildman–Crippen LogP) is -1.38. The Morgan fingerprint density at radius 1 is 1.00 bits per heavy atom. The van der Waals surface area contributed by atoms with Crippen LogP contribution in [0, 0.1) is 0 Å². The van der Waals surface area contributed by atoms with Crippen molar-refractivity contribution in [1.29, 1.82) is 0 Å². The van der Waals surface area contributed by atoms with E-state index in [2.05, 4.69) is 0 Å². The van der Waals surface area contributed by atoms with Crippen molar-refractivity contribution in [2.75, 3.05) is 0 Å². The van der Waals surface area contributed by atoms with Gasteiger partial charge >= 0.3 is 22.9 Å². The molecule has 6 radical (unpaired) electrons. The van der Waals surface area contributed by atoms with Gasteiger partial charge < -0.3 is 0 Å². The van der Waals surface area contributed by atoms with Gasteiger partial charge in [0.2, 0.25) is 0 Å². The van der Waals surface area contributed by atoms with E-state index in [4.69, 9.17) is 7.56 Å². The predicted molar refractivity (Wildman–Crippen MR) is 18.6 cm³/mol. The molecule has 0 heterocycles. The van der Waals surface area contributed by atoms with Crippen LogP contribution in [0.15, 0.2) is 0 Å². The zero-order valence-corrected chi connectivity index (χ0v) is 9.41. The molecule has 0 unspecified atom stereocenters. The van der Waals surface area contributed by atoms with Crippen molar-refractivity contribution >= 4 is 64.2 Å². The number of hydrogen-bond donors (Lipinski definition) is 0. The molecule has 0 fully saturated rings. The molecule has 0 aromatic carbocycles. The summed E-state index contributed by atoms with van der Waals surface area (Å²) in [5.41, 5.74) is 0. The Balaban J connectivity index is -0.0000000200. The fraction of sp³-hybridized carbons (Fsp3) is 0. The summed E-state index contributed by atoms with van der Waals surface area (Å²) in [5.74, 6) is 0. The molecule has 0 N–H and O–H groups in total. The van der Waals surface area contributed by atoms with Gasteiger partial charge in [-0.2, -0.15) is 0 Å². The molecule has 0 aliphatic heterocycles. The average Bonchev–Trinajstić information content (AvgIpc) is 0.918. The van der Waals surface area contributed by atoms with E-state index in [-0.39, 0.29) is 48.9 Å². The molecule has 5 heteroatoms. The zero-order chi connectivity index (χ0) is 2.71. The first-order valence-corrected chi connectivity index (χ1v) is 2.12. The number of hydrogen-bond acceptors (Lipinski definition) is 2. The van der Waals surface area contributed by atoms with Crippen LogP contribution in [0.25, 0.3) is 0 Å². The van der Waals surface area contributed by atoms with E-state index in [1.165, 1.54) is 0 Å². The van der Waals surface area contributed by atoms with Crippen LogP contribution >= 0.6 is 0 Å². The summed E-state index contributed by atoms with van der Waals surface area (Å²) in [6.07, 6.45) is 0. The molecule has 0 atom stereocenters. The molecule has 0 aliphatic carbocycles. The summed E-state index contributed by atoms with van der Waals surface area (Å²) < 4.78 is 17.0. The van der Waals surface area contributed by atoms with Crippen LogP contribution in [0.5, 0.6) is 0 Å². The van der Waals surface area contributed by atoms with Crippen molar-refractivity contribution in [2.45, 2.75) is 0 Å². The summed E-state index contributed by atoms with van der Waals surface area (Å²) in [6, 6.07) is 0. The fourth-order valence-corrected chi connectivity index (χ4v) is 0. The second kappa shape index (κ2) is 17.1. The first kappa shape index (κ1) is 15.9. The van der Waals surface area contributed by atoms with Crippen LogP contribution in [-0.4, -0.2) is 64.2 Å². The van der Waals surface area contributed by atoms with Crippen molar-refractivity contribution in [3.63, 3.8) is 0 Å². The van der Waals surface area contributed by atoms with Gasteiger partial charge in [0.15, 0.2) is 0 Å². The topological polar surface area (TPSA) is 34.1 Å². The van der Waals surface area contributed by atoms with Crippen LogP contribution in [0.4, 0.5) is 0 Å². The van der Waals surface area contributed by atoms with E-state index in [0.29, 0.717) is 0 Å². The SMILES string of the molecule is [O]=[Ge]=[O].[Sb].[Sb]. The van der Waals surface area contributed by atoms with Crippen LogP contribution in [-0.2, 0) is 7.56 Å². The van der Waals surface area contributed by atoms with E-state index in [1.54, 1.807) is 0 Å². The zero-order valence-electron chi connectivity index (χ0n) is 2.21. The molecule has 2 nitrogen and oxygen atoms in total. The first-order valence-electron chi connectivity index (χ1n) is 0.408. The van der Waals surface area contributed by atoms with Gasteiger partial charge in [-0.15, -0.1) is 0 Å². The third-order valence-corrected chi connectivity index (χ3v) is 0. The van der Waals surface area contributed by atoms with Crippen molar-refractivity contribution in [3.8, 4) is 0 Å². The molecule has 0 saturated carbocycles. The van der Waals surface area contributed by atoms with E-state index < -0.39 is 15.3 Å². The largest absolute Gasteiger partial charge is 0 e. The first-order chi connectivity index (χ1) is 1.41. The molecule has 0 bridgehead atoms. The molecule has 26 valence electrons. The van der Waals surface area contributed by atoms with Gasteiger partial charge in [0.05, 0.1) is 0 Å². The standard InChI is InChI=1S/GeO2.2Sb/c2-1-3;;. The van der Waals surface area contributed by atoms with Gasteiger partial charge in [0, 0.05) is 48.9 Å². The second-order valence-electron chi connectivity index (χ2n) is 0.0833.